The van der Waals surface area contributed by atoms with E-state index in [0.717, 1.165) is 23.6 Å². The Morgan fingerprint density at radius 3 is 3.12 bits per heavy atom. The standard InChI is InChI=1S/C13H14ClNOS/c1-7-4-12-8(5-9(7)14)13-10(6-15)16-3-2-11(13)17-12/h4-5,10H,2-3,6,15H2,1H3. The molecule has 0 radical (unpaired) electrons. The normalized spacial score (nSPS) is 19.6. The quantitative estimate of drug-likeness (QED) is 0.859. The van der Waals surface area contributed by atoms with Gasteiger partial charge in [0, 0.05) is 38.5 Å². The Hall–Kier alpha value is -0.610. The summed E-state index contributed by atoms with van der Waals surface area (Å²) in [6.07, 6.45) is 1.02. The van der Waals surface area contributed by atoms with E-state index in [2.05, 4.69) is 12.1 Å². The Morgan fingerprint density at radius 2 is 2.35 bits per heavy atom. The second-order valence-corrected chi connectivity index (χ2v) is 5.93. The fraction of sp³-hybridized carbons (Fsp3) is 0.385. The first-order valence-corrected chi connectivity index (χ1v) is 6.93. The lowest BCUT2D eigenvalue weighted by Crippen LogP contribution is -2.21. The number of thiophene rings is 1. The number of ether oxygens (including phenoxy) is 1. The topological polar surface area (TPSA) is 35.2 Å². The number of halogens is 1. The second-order valence-electron chi connectivity index (χ2n) is 4.38. The van der Waals surface area contributed by atoms with Crippen LogP contribution in [0.2, 0.25) is 5.02 Å². The molecule has 2 nitrogen and oxygen atoms in total. The Morgan fingerprint density at radius 1 is 1.53 bits per heavy atom. The summed E-state index contributed by atoms with van der Waals surface area (Å²) >= 11 is 8.06. The summed E-state index contributed by atoms with van der Waals surface area (Å²) in [5.74, 6) is 0. The zero-order valence-electron chi connectivity index (χ0n) is 9.63. The largest absolute Gasteiger partial charge is 0.372 e. The van der Waals surface area contributed by atoms with Crippen molar-refractivity contribution in [2.75, 3.05) is 13.2 Å². The second kappa shape index (κ2) is 4.25. The van der Waals surface area contributed by atoms with Gasteiger partial charge in [0.2, 0.25) is 0 Å². The van der Waals surface area contributed by atoms with Gasteiger partial charge in [-0.15, -0.1) is 11.3 Å². The van der Waals surface area contributed by atoms with Crippen LogP contribution in [0.5, 0.6) is 0 Å². The SMILES string of the molecule is Cc1cc2sc3c(c2cc1Cl)C(CN)OCC3. The third kappa shape index (κ3) is 1.78. The molecule has 1 unspecified atom stereocenters. The van der Waals surface area contributed by atoms with E-state index < -0.39 is 0 Å². The molecule has 0 aliphatic carbocycles. The minimum absolute atomic E-state index is 0.0336. The molecule has 0 saturated heterocycles. The van der Waals surface area contributed by atoms with Gasteiger partial charge in [0.25, 0.3) is 0 Å². The molecule has 2 heterocycles. The Balaban J connectivity index is 2.29. The third-order valence-electron chi connectivity index (χ3n) is 3.27. The molecule has 2 N–H and O–H groups in total. The van der Waals surface area contributed by atoms with E-state index >= 15 is 0 Å². The van der Waals surface area contributed by atoms with Crippen molar-refractivity contribution in [3.05, 3.63) is 33.2 Å². The summed E-state index contributed by atoms with van der Waals surface area (Å²) < 4.78 is 7.02. The molecular formula is C13H14ClNOS. The van der Waals surface area contributed by atoms with E-state index in [-0.39, 0.29) is 6.10 Å². The number of hydrogen-bond donors (Lipinski definition) is 1. The van der Waals surface area contributed by atoms with Crippen molar-refractivity contribution < 1.29 is 4.74 Å². The smallest absolute Gasteiger partial charge is 0.0963 e. The van der Waals surface area contributed by atoms with Crippen LogP contribution in [0.1, 0.15) is 22.1 Å². The van der Waals surface area contributed by atoms with Crippen molar-refractivity contribution in [1.82, 2.24) is 0 Å². The van der Waals surface area contributed by atoms with Crippen molar-refractivity contribution in [3.8, 4) is 0 Å². The Kier molecular flexibility index (Phi) is 2.87. The number of aryl methyl sites for hydroxylation is 1. The maximum atomic E-state index is 6.21. The predicted molar refractivity (Wildman–Crippen MR) is 73.0 cm³/mol. The van der Waals surface area contributed by atoms with Gasteiger partial charge < -0.3 is 10.5 Å². The predicted octanol–water partition coefficient (Wildman–Crippen LogP) is 3.44. The highest BCUT2D eigenvalue weighted by Crippen LogP contribution is 2.41. The first-order chi connectivity index (χ1) is 8.20. The van der Waals surface area contributed by atoms with Crippen molar-refractivity contribution in [2.45, 2.75) is 19.4 Å². The van der Waals surface area contributed by atoms with Crippen molar-refractivity contribution >= 4 is 33.0 Å². The van der Waals surface area contributed by atoms with Gasteiger partial charge in [0.15, 0.2) is 0 Å². The molecule has 0 fully saturated rings. The van der Waals surface area contributed by atoms with Gasteiger partial charge in [0.05, 0.1) is 12.7 Å². The molecule has 0 bridgehead atoms. The van der Waals surface area contributed by atoms with E-state index in [0.29, 0.717) is 6.54 Å². The van der Waals surface area contributed by atoms with Crippen LogP contribution in [-0.2, 0) is 11.2 Å². The molecule has 90 valence electrons. The number of hydrogen-bond acceptors (Lipinski definition) is 3. The lowest BCUT2D eigenvalue weighted by atomic mass is 10.0. The Bertz CT molecular complexity index is 578. The summed E-state index contributed by atoms with van der Waals surface area (Å²) in [6, 6.07) is 4.22. The van der Waals surface area contributed by atoms with Crippen LogP contribution in [0.15, 0.2) is 12.1 Å². The molecule has 0 saturated carbocycles. The van der Waals surface area contributed by atoms with Crippen LogP contribution >= 0.6 is 22.9 Å². The van der Waals surface area contributed by atoms with E-state index in [1.165, 1.54) is 20.5 Å². The minimum atomic E-state index is 0.0336. The first-order valence-electron chi connectivity index (χ1n) is 5.74. The lowest BCUT2D eigenvalue weighted by Gasteiger charge is -2.22. The molecule has 17 heavy (non-hydrogen) atoms. The summed E-state index contributed by atoms with van der Waals surface area (Å²) in [5, 5.41) is 2.04. The van der Waals surface area contributed by atoms with Gasteiger partial charge in [0.1, 0.15) is 0 Å². The Labute approximate surface area is 109 Å². The fourth-order valence-corrected chi connectivity index (χ4v) is 3.87. The van der Waals surface area contributed by atoms with E-state index in [1.54, 1.807) is 0 Å². The maximum Gasteiger partial charge on any atom is 0.0963 e. The zero-order chi connectivity index (χ0) is 12.0. The number of benzene rings is 1. The van der Waals surface area contributed by atoms with Crippen molar-refractivity contribution in [2.24, 2.45) is 5.73 Å². The van der Waals surface area contributed by atoms with Gasteiger partial charge in [-0.1, -0.05) is 11.6 Å². The minimum Gasteiger partial charge on any atom is -0.372 e. The van der Waals surface area contributed by atoms with Gasteiger partial charge in [-0.05, 0) is 24.6 Å². The molecule has 1 atom stereocenters. The highest BCUT2D eigenvalue weighted by atomic mass is 35.5. The van der Waals surface area contributed by atoms with Crippen LogP contribution in [0.3, 0.4) is 0 Å². The van der Waals surface area contributed by atoms with Gasteiger partial charge in [-0.25, -0.2) is 0 Å². The molecule has 4 heteroatoms. The number of nitrogens with two attached hydrogens (primary N) is 1. The summed E-state index contributed by atoms with van der Waals surface area (Å²) in [6.45, 7) is 3.34. The molecule has 2 aromatic rings. The van der Waals surface area contributed by atoms with Crippen molar-refractivity contribution in [1.29, 1.82) is 0 Å². The first kappa shape index (κ1) is 11.5. The third-order valence-corrected chi connectivity index (χ3v) is 4.90. The maximum absolute atomic E-state index is 6.21. The molecule has 1 aliphatic heterocycles. The lowest BCUT2D eigenvalue weighted by molar-refractivity contribution is 0.0508. The summed E-state index contributed by atoms with van der Waals surface area (Å²) in [7, 11) is 0. The average molecular weight is 268 g/mol. The molecule has 1 aromatic carbocycles. The average Bonchev–Trinajstić information content (AvgIpc) is 2.67. The molecular weight excluding hydrogens is 254 g/mol. The van der Waals surface area contributed by atoms with Gasteiger partial charge in [-0.2, -0.15) is 0 Å². The monoisotopic (exact) mass is 267 g/mol. The number of rotatable bonds is 1. The molecule has 0 spiro atoms. The molecule has 1 aliphatic rings. The van der Waals surface area contributed by atoms with Crippen molar-refractivity contribution in [3.63, 3.8) is 0 Å². The number of fused-ring (bicyclic) bond motifs is 3. The van der Waals surface area contributed by atoms with Gasteiger partial charge >= 0.3 is 0 Å². The van der Waals surface area contributed by atoms with E-state index in [9.17, 15) is 0 Å². The highest BCUT2D eigenvalue weighted by Gasteiger charge is 2.24. The van der Waals surface area contributed by atoms with Crippen LogP contribution < -0.4 is 5.73 Å². The molecule has 0 amide bonds. The molecule has 1 aromatic heterocycles. The summed E-state index contributed by atoms with van der Waals surface area (Å²) in [5.41, 5.74) is 8.18. The van der Waals surface area contributed by atoms with Crippen LogP contribution in [0, 0.1) is 6.92 Å². The summed E-state index contributed by atoms with van der Waals surface area (Å²) in [4.78, 5) is 1.41. The van der Waals surface area contributed by atoms with E-state index in [4.69, 9.17) is 22.1 Å². The molecule has 3 rings (SSSR count). The van der Waals surface area contributed by atoms with E-state index in [1.807, 2.05) is 18.3 Å². The van der Waals surface area contributed by atoms with Crippen LogP contribution in [-0.4, -0.2) is 13.2 Å². The van der Waals surface area contributed by atoms with Crippen LogP contribution in [0.25, 0.3) is 10.1 Å². The van der Waals surface area contributed by atoms with Crippen LogP contribution in [0.4, 0.5) is 0 Å². The highest BCUT2D eigenvalue weighted by molar-refractivity contribution is 7.19. The zero-order valence-corrected chi connectivity index (χ0v) is 11.2. The fourth-order valence-electron chi connectivity index (χ4n) is 2.39. The van der Waals surface area contributed by atoms with Gasteiger partial charge in [-0.3, -0.25) is 0 Å².